The Hall–Kier alpha value is -3.55. The summed E-state index contributed by atoms with van der Waals surface area (Å²) >= 11 is 0. The topological polar surface area (TPSA) is 97.4 Å². The normalized spacial score (nSPS) is 13.6. The van der Waals surface area contributed by atoms with E-state index in [0.717, 1.165) is 0 Å². The monoisotopic (exact) mass is 474 g/mol. The second-order valence-electron chi connectivity index (χ2n) is 7.37. The second kappa shape index (κ2) is 16.1. The van der Waals surface area contributed by atoms with Gasteiger partial charge in [-0.15, -0.1) is 6.58 Å². The SMILES string of the molecule is C=CC[C@H](/C=C/C[C@H](/C=C/C[C@@H](COc1ccc(OC)cc1)OC(C)=O)OC(C)=O)OC(C)=O. The first kappa shape index (κ1) is 28.5. The third-order valence-electron chi connectivity index (χ3n) is 4.33. The molecule has 0 N–H and O–H groups in total. The van der Waals surface area contributed by atoms with Crippen molar-refractivity contribution < 1.29 is 38.1 Å². The molecule has 0 radical (unpaired) electrons. The van der Waals surface area contributed by atoms with Crippen molar-refractivity contribution in [3.05, 3.63) is 61.2 Å². The molecule has 34 heavy (non-hydrogen) atoms. The van der Waals surface area contributed by atoms with Gasteiger partial charge in [0.05, 0.1) is 7.11 Å². The molecule has 0 saturated heterocycles. The molecule has 1 aromatic carbocycles. The van der Waals surface area contributed by atoms with Gasteiger partial charge in [0, 0.05) is 40.0 Å². The minimum atomic E-state index is -0.532. The number of carbonyl (C=O) groups is 3. The Kier molecular flexibility index (Phi) is 13.5. The van der Waals surface area contributed by atoms with Crippen LogP contribution in [0.15, 0.2) is 61.2 Å². The Bertz CT molecular complexity index is 841. The van der Waals surface area contributed by atoms with Crippen LogP contribution in [-0.2, 0) is 28.6 Å². The maximum atomic E-state index is 11.5. The summed E-state index contributed by atoms with van der Waals surface area (Å²) in [6, 6.07) is 7.07. The molecule has 0 fully saturated rings. The van der Waals surface area contributed by atoms with Gasteiger partial charge >= 0.3 is 17.9 Å². The Balaban J connectivity index is 2.73. The summed E-state index contributed by atoms with van der Waals surface area (Å²) < 4.78 is 26.7. The van der Waals surface area contributed by atoms with Crippen molar-refractivity contribution in [3.8, 4) is 11.5 Å². The molecule has 0 unspecified atom stereocenters. The number of ether oxygens (including phenoxy) is 5. The van der Waals surface area contributed by atoms with Gasteiger partial charge in [0.1, 0.15) is 36.4 Å². The van der Waals surface area contributed by atoms with Crippen LogP contribution in [0.3, 0.4) is 0 Å². The van der Waals surface area contributed by atoms with Gasteiger partial charge in [0.15, 0.2) is 0 Å². The molecule has 8 heteroatoms. The molecule has 3 atom stereocenters. The minimum absolute atomic E-state index is 0.153. The molecule has 0 spiro atoms. The highest BCUT2D eigenvalue weighted by molar-refractivity contribution is 5.67. The predicted molar refractivity (Wildman–Crippen MR) is 127 cm³/mol. The van der Waals surface area contributed by atoms with E-state index in [0.29, 0.717) is 30.8 Å². The average molecular weight is 475 g/mol. The van der Waals surface area contributed by atoms with Crippen LogP contribution in [0.25, 0.3) is 0 Å². The Morgan fingerprint density at radius 2 is 1.29 bits per heavy atom. The van der Waals surface area contributed by atoms with E-state index in [1.807, 2.05) is 0 Å². The summed E-state index contributed by atoms with van der Waals surface area (Å²) in [5.74, 6) is 0.0917. The molecule has 1 aromatic rings. The molecular formula is C26H34O8. The largest absolute Gasteiger partial charge is 0.497 e. The summed E-state index contributed by atoms with van der Waals surface area (Å²) in [5, 5.41) is 0. The summed E-state index contributed by atoms with van der Waals surface area (Å²) in [6.07, 6.45) is 8.41. The van der Waals surface area contributed by atoms with Crippen molar-refractivity contribution in [2.45, 2.75) is 58.3 Å². The lowest BCUT2D eigenvalue weighted by atomic mass is 10.1. The van der Waals surface area contributed by atoms with Crippen molar-refractivity contribution in [1.82, 2.24) is 0 Å². The standard InChI is InChI=1S/C26H34O8/c1-6-9-24(32-19(2)27)10-7-11-25(33-20(3)28)12-8-13-26(34-21(4)29)18-31-23-16-14-22(30-5)15-17-23/h6-8,10,12,14-17,24-26H,1,9,11,13,18H2,2-5H3/b10-7+,12-8+/t24-,25-,26+/m1/s1. The zero-order chi connectivity index (χ0) is 25.3. The van der Waals surface area contributed by atoms with Crippen LogP contribution in [0.2, 0.25) is 0 Å². The number of hydrogen-bond acceptors (Lipinski definition) is 8. The maximum absolute atomic E-state index is 11.5. The summed E-state index contributed by atoms with van der Waals surface area (Å²) in [7, 11) is 1.58. The minimum Gasteiger partial charge on any atom is -0.497 e. The van der Waals surface area contributed by atoms with Gasteiger partial charge in [0.2, 0.25) is 0 Å². The third-order valence-corrected chi connectivity index (χ3v) is 4.33. The van der Waals surface area contributed by atoms with Crippen molar-refractivity contribution in [3.63, 3.8) is 0 Å². The molecule has 1 rings (SSSR count). The van der Waals surface area contributed by atoms with Crippen molar-refractivity contribution in [1.29, 1.82) is 0 Å². The third kappa shape index (κ3) is 13.1. The smallest absolute Gasteiger partial charge is 0.303 e. The van der Waals surface area contributed by atoms with E-state index in [9.17, 15) is 14.4 Å². The quantitative estimate of drug-likeness (QED) is 0.210. The van der Waals surface area contributed by atoms with Crippen LogP contribution in [0, 0.1) is 0 Å². The van der Waals surface area contributed by atoms with Gasteiger partial charge in [-0.05, 0) is 36.4 Å². The Labute approximate surface area is 201 Å². The van der Waals surface area contributed by atoms with E-state index in [4.69, 9.17) is 23.7 Å². The lowest BCUT2D eigenvalue weighted by Gasteiger charge is -2.17. The molecule has 0 amide bonds. The zero-order valence-corrected chi connectivity index (χ0v) is 20.2. The van der Waals surface area contributed by atoms with E-state index < -0.39 is 30.3 Å². The maximum Gasteiger partial charge on any atom is 0.303 e. The van der Waals surface area contributed by atoms with Crippen LogP contribution < -0.4 is 9.47 Å². The molecular weight excluding hydrogens is 440 g/mol. The molecule has 0 heterocycles. The highest BCUT2D eigenvalue weighted by Crippen LogP contribution is 2.18. The number of hydrogen-bond donors (Lipinski definition) is 0. The second-order valence-corrected chi connectivity index (χ2v) is 7.37. The van der Waals surface area contributed by atoms with E-state index in [1.54, 1.807) is 61.8 Å². The fraction of sp³-hybridized carbons (Fsp3) is 0.423. The fourth-order valence-electron chi connectivity index (χ4n) is 2.92. The van der Waals surface area contributed by atoms with Crippen molar-refractivity contribution >= 4 is 17.9 Å². The molecule has 0 bridgehead atoms. The molecule has 0 saturated carbocycles. The summed E-state index contributed by atoms with van der Waals surface area (Å²) in [6.45, 7) is 7.81. The number of benzene rings is 1. The number of methoxy groups -OCH3 is 1. The van der Waals surface area contributed by atoms with Crippen LogP contribution >= 0.6 is 0 Å². The van der Waals surface area contributed by atoms with Gasteiger partial charge in [-0.25, -0.2) is 0 Å². The molecule has 0 aliphatic rings. The van der Waals surface area contributed by atoms with E-state index in [2.05, 4.69) is 6.58 Å². The lowest BCUT2D eigenvalue weighted by Crippen LogP contribution is -2.23. The first-order chi connectivity index (χ1) is 16.2. The van der Waals surface area contributed by atoms with Crippen molar-refractivity contribution in [2.24, 2.45) is 0 Å². The average Bonchev–Trinajstić information content (AvgIpc) is 2.76. The fourth-order valence-corrected chi connectivity index (χ4v) is 2.92. The molecule has 0 aromatic heterocycles. The highest BCUT2D eigenvalue weighted by atomic mass is 16.6. The Morgan fingerprint density at radius 1 is 0.794 bits per heavy atom. The summed E-state index contributed by atoms with van der Waals surface area (Å²) in [5.41, 5.74) is 0. The van der Waals surface area contributed by atoms with E-state index in [1.165, 1.54) is 20.8 Å². The van der Waals surface area contributed by atoms with Gasteiger partial charge in [-0.3, -0.25) is 14.4 Å². The van der Waals surface area contributed by atoms with Gasteiger partial charge < -0.3 is 23.7 Å². The van der Waals surface area contributed by atoms with Crippen LogP contribution in [0.1, 0.15) is 40.0 Å². The van der Waals surface area contributed by atoms with E-state index in [-0.39, 0.29) is 12.6 Å². The van der Waals surface area contributed by atoms with Gasteiger partial charge in [0.25, 0.3) is 0 Å². The first-order valence-electron chi connectivity index (χ1n) is 11.0. The zero-order valence-electron chi connectivity index (χ0n) is 20.2. The number of rotatable bonds is 15. The number of esters is 3. The molecule has 186 valence electrons. The molecule has 8 nitrogen and oxygen atoms in total. The van der Waals surface area contributed by atoms with Gasteiger partial charge in [-0.1, -0.05) is 18.2 Å². The van der Waals surface area contributed by atoms with Crippen molar-refractivity contribution in [2.75, 3.05) is 13.7 Å². The number of carbonyl (C=O) groups excluding carboxylic acids is 3. The molecule has 0 aliphatic carbocycles. The highest BCUT2D eigenvalue weighted by Gasteiger charge is 2.13. The van der Waals surface area contributed by atoms with Gasteiger partial charge in [-0.2, -0.15) is 0 Å². The van der Waals surface area contributed by atoms with E-state index >= 15 is 0 Å². The van der Waals surface area contributed by atoms with Crippen LogP contribution in [0.4, 0.5) is 0 Å². The summed E-state index contributed by atoms with van der Waals surface area (Å²) in [4.78, 5) is 34.2. The Morgan fingerprint density at radius 3 is 1.79 bits per heavy atom. The van der Waals surface area contributed by atoms with Crippen LogP contribution in [-0.4, -0.2) is 49.9 Å². The lowest BCUT2D eigenvalue weighted by molar-refractivity contribution is -0.147. The predicted octanol–water partition coefficient (Wildman–Crippen LogP) is 4.34. The van der Waals surface area contributed by atoms with Crippen LogP contribution in [0.5, 0.6) is 11.5 Å². The first-order valence-corrected chi connectivity index (χ1v) is 11.0. The molecule has 0 aliphatic heterocycles.